The lowest BCUT2D eigenvalue weighted by Gasteiger charge is -2.19. The summed E-state index contributed by atoms with van der Waals surface area (Å²) in [5.41, 5.74) is 3.15. The van der Waals surface area contributed by atoms with E-state index in [0.717, 1.165) is 22.5 Å². The first-order chi connectivity index (χ1) is 13.1. The van der Waals surface area contributed by atoms with Crippen LogP contribution < -0.4 is 9.64 Å². The zero-order valence-electron chi connectivity index (χ0n) is 15.4. The summed E-state index contributed by atoms with van der Waals surface area (Å²) < 4.78 is 7.60. The standard InChI is InChI=1S/C21H22N4O2/c1-3-24-17-11-6-5-10-16(17)23-21(24)19-18(26)13-25(20(19)22)14-8-7-9-15(12-14)27-4-2/h5-12,22,26H,3-4,13H2,1-2H3. The summed E-state index contributed by atoms with van der Waals surface area (Å²) in [6, 6.07) is 15.5. The van der Waals surface area contributed by atoms with Crippen molar-refractivity contribution >= 4 is 28.1 Å². The first-order valence-corrected chi connectivity index (χ1v) is 9.11. The number of anilines is 1. The lowest BCUT2D eigenvalue weighted by atomic mass is 10.2. The van der Waals surface area contributed by atoms with Gasteiger partial charge in [-0.3, -0.25) is 5.41 Å². The molecular formula is C21H22N4O2. The van der Waals surface area contributed by atoms with E-state index < -0.39 is 0 Å². The van der Waals surface area contributed by atoms with Gasteiger partial charge in [0.2, 0.25) is 0 Å². The fraction of sp³-hybridized carbons (Fsp3) is 0.238. The van der Waals surface area contributed by atoms with E-state index in [1.165, 1.54) is 0 Å². The zero-order chi connectivity index (χ0) is 19.0. The summed E-state index contributed by atoms with van der Waals surface area (Å²) in [6.45, 7) is 5.51. The number of hydrogen-bond donors (Lipinski definition) is 2. The molecule has 27 heavy (non-hydrogen) atoms. The molecule has 2 N–H and O–H groups in total. The van der Waals surface area contributed by atoms with Gasteiger partial charge in [0.05, 0.1) is 29.8 Å². The molecule has 2 aromatic carbocycles. The van der Waals surface area contributed by atoms with E-state index in [0.29, 0.717) is 24.5 Å². The quantitative estimate of drug-likeness (QED) is 0.713. The molecule has 4 rings (SSSR count). The minimum Gasteiger partial charge on any atom is -0.509 e. The van der Waals surface area contributed by atoms with E-state index in [2.05, 4.69) is 0 Å². The van der Waals surface area contributed by atoms with Gasteiger partial charge in [-0.25, -0.2) is 4.98 Å². The summed E-state index contributed by atoms with van der Waals surface area (Å²) in [5, 5.41) is 19.4. The molecule has 1 aliphatic rings. The average molecular weight is 362 g/mol. The minimum atomic E-state index is 0.159. The number of benzene rings is 2. The monoisotopic (exact) mass is 362 g/mol. The second kappa shape index (κ2) is 6.79. The molecule has 0 amide bonds. The third kappa shape index (κ3) is 2.83. The van der Waals surface area contributed by atoms with Crippen molar-refractivity contribution in [3.8, 4) is 5.75 Å². The van der Waals surface area contributed by atoms with Gasteiger partial charge in [0.1, 0.15) is 23.2 Å². The third-order valence-electron chi connectivity index (χ3n) is 4.74. The fourth-order valence-corrected chi connectivity index (χ4v) is 3.53. The summed E-state index contributed by atoms with van der Waals surface area (Å²) >= 11 is 0. The number of aromatic nitrogens is 2. The van der Waals surface area contributed by atoms with Crippen molar-refractivity contribution in [3.05, 3.63) is 60.1 Å². The molecule has 0 aliphatic carbocycles. The number of nitrogens with one attached hydrogen (secondary N) is 1. The first kappa shape index (κ1) is 17.1. The van der Waals surface area contributed by atoms with Gasteiger partial charge in [0.25, 0.3) is 0 Å². The molecule has 1 aromatic heterocycles. The maximum Gasteiger partial charge on any atom is 0.148 e. The number of ether oxygens (including phenoxy) is 1. The maximum atomic E-state index is 10.7. The van der Waals surface area contributed by atoms with Crippen LogP contribution in [0.5, 0.6) is 5.75 Å². The number of para-hydroxylation sites is 2. The van der Waals surface area contributed by atoms with E-state index in [1.807, 2.05) is 66.9 Å². The first-order valence-electron chi connectivity index (χ1n) is 9.11. The predicted molar refractivity (Wildman–Crippen MR) is 108 cm³/mol. The number of imidazole rings is 1. The largest absolute Gasteiger partial charge is 0.509 e. The highest BCUT2D eigenvalue weighted by Crippen LogP contribution is 2.33. The molecule has 6 heteroatoms. The molecule has 2 heterocycles. The minimum absolute atomic E-state index is 0.159. The molecule has 0 saturated heterocycles. The molecule has 138 valence electrons. The Kier molecular flexibility index (Phi) is 4.32. The summed E-state index contributed by atoms with van der Waals surface area (Å²) in [6.07, 6.45) is 0. The molecule has 0 saturated carbocycles. The lowest BCUT2D eigenvalue weighted by Crippen LogP contribution is -2.26. The zero-order valence-corrected chi connectivity index (χ0v) is 15.4. The van der Waals surface area contributed by atoms with Crippen molar-refractivity contribution in [1.82, 2.24) is 9.55 Å². The van der Waals surface area contributed by atoms with Crippen molar-refractivity contribution in [2.45, 2.75) is 20.4 Å². The van der Waals surface area contributed by atoms with Gasteiger partial charge in [0, 0.05) is 18.3 Å². The predicted octanol–water partition coefficient (Wildman–Crippen LogP) is 4.22. The summed E-state index contributed by atoms with van der Waals surface area (Å²) in [5.74, 6) is 1.78. The molecule has 0 radical (unpaired) electrons. The van der Waals surface area contributed by atoms with E-state index in [-0.39, 0.29) is 18.1 Å². The molecule has 3 aromatic rings. The van der Waals surface area contributed by atoms with E-state index in [4.69, 9.17) is 15.1 Å². The van der Waals surface area contributed by atoms with Crippen LogP contribution in [0, 0.1) is 5.41 Å². The molecule has 1 aliphatic heterocycles. The molecule has 0 spiro atoms. The highest BCUT2D eigenvalue weighted by atomic mass is 16.5. The van der Waals surface area contributed by atoms with Gasteiger partial charge in [-0.15, -0.1) is 0 Å². The van der Waals surface area contributed by atoms with E-state index in [1.54, 1.807) is 4.90 Å². The van der Waals surface area contributed by atoms with Gasteiger partial charge >= 0.3 is 0 Å². The second-order valence-corrected chi connectivity index (χ2v) is 6.36. The topological polar surface area (TPSA) is 74.4 Å². The number of fused-ring (bicyclic) bond motifs is 1. The summed E-state index contributed by atoms with van der Waals surface area (Å²) in [4.78, 5) is 6.46. The van der Waals surface area contributed by atoms with Gasteiger partial charge in [0.15, 0.2) is 0 Å². The van der Waals surface area contributed by atoms with Crippen LogP contribution in [0.4, 0.5) is 5.69 Å². The number of nitrogens with zero attached hydrogens (tertiary/aromatic N) is 3. The number of hydrogen-bond acceptors (Lipinski definition) is 4. The Balaban J connectivity index is 1.75. The van der Waals surface area contributed by atoms with Crippen molar-refractivity contribution < 1.29 is 9.84 Å². The lowest BCUT2D eigenvalue weighted by molar-refractivity contribution is 0.340. The number of amidine groups is 1. The number of aliphatic hydroxyl groups is 1. The Morgan fingerprint density at radius 3 is 2.74 bits per heavy atom. The second-order valence-electron chi connectivity index (χ2n) is 6.36. The van der Waals surface area contributed by atoms with Crippen LogP contribution in [0.15, 0.2) is 54.3 Å². The third-order valence-corrected chi connectivity index (χ3v) is 4.74. The van der Waals surface area contributed by atoms with Crippen molar-refractivity contribution in [3.63, 3.8) is 0 Å². The van der Waals surface area contributed by atoms with Crippen LogP contribution in [0.3, 0.4) is 0 Å². The number of rotatable bonds is 5. The van der Waals surface area contributed by atoms with Crippen LogP contribution in [0.1, 0.15) is 19.7 Å². The van der Waals surface area contributed by atoms with Crippen LogP contribution in [-0.4, -0.2) is 33.6 Å². The molecule has 0 atom stereocenters. The Labute approximate surface area is 157 Å². The Hall–Kier alpha value is -3.28. The normalized spacial score (nSPS) is 14.4. The van der Waals surface area contributed by atoms with Crippen molar-refractivity contribution in [2.75, 3.05) is 18.1 Å². The molecular weight excluding hydrogens is 340 g/mol. The maximum absolute atomic E-state index is 10.7. The Morgan fingerprint density at radius 2 is 1.96 bits per heavy atom. The van der Waals surface area contributed by atoms with Gasteiger partial charge < -0.3 is 19.3 Å². The molecule has 0 bridgehead atoms. The summed E-state index contributed by atoms with van der Waals surface area (Å²) in [7, 11) is 0. The highest BCUT2D eigenvalue weighted by molar-refractivity contribution is 6.30. The Morgan fingerprint density at radius 1 is 1.15 bits per heavy atom. The number of aryl methyl sites for hydroxylation is 1. The van der Waals surface area contributed by atoms with Gasteiger partial charge in [-0.2, -0.15) is 0 Å². The van der Waals surface area contributed by atoms with Crippen LogP contribution in [-0.2, 0) is 6.54 Å². The Bertz CT molecular complexity index is 1050. The van der Waals surface area contributed by atoms with Gasteiger partial charge in [-0.05, 0) is 38.1 Å². The van der Waals surface area contributed by atoms with Gasteiger partial charge in [-0.1, -0.05) is 18.2 Å². The van der Waals surface area contributed by atoms with Crippen LogP contribution in [0.25, 0.3) is 16.6 Å². The SMILES string of the molecule is CCOc1cccc(N2CC(O)=C(c3nc4ccccc4n3CC)C2=N)c1. The molecule has 6 nitrogen and oxygen atoms in total. The highest BCUT2D eigenvalue weighted by Gasteiger charge is 2.32. The van der Waals surface area contributed by atoms with Crippen molar-refractivity contribution in [2.24, 2.45) is 0 Å². The molecule has 0 fully saturated rings. The van der Waals surface area contributed by atoms with E-state index >= 15 is 0 Å². The fourth-order valence-electron chi connectivity index (χ4n) is 3.53. The molecule has 0 unspecified atom stereocenters. The average Bonchev–Trinajstić information content (AvgIpc) is 3.18. The van der Waals surface area contributed by atoms with Crippen LogP contribution >= 0.6 is 0 Å². The van der Waals surface area contributed by atoms with Crippen LogP contribution in [0.2, 0.25) is 0 Å². The number of aliphatic hydroxyl groups excluding tert-OH is 1. The van der Waals surface area contributed by atoms with E-state index in [9.17, 15) is 5.11 Å². The van der Waals surface area contributed by atoms with Crippen molar-refractivity contribution in [1.29, 1.82) is 5.41 Å². The smallest absolute Gasteiger partial charge is 0.148 e.